The molecule has 3 aromatic rings. The first-order valence-electron chi connectivity index (χ1n) is 7.59. The van der Waals surface area contributed by atoms with E-state index in [-0.39, 0.29) is 23.0 Å². The topological polar surface area (TPSA) is 97.3 Å². The first kappa shape index (κ1) is 17.7. The van der Waals surface area contributed by atoms with Gasteiger partial charge in [-0.05, 0) is 31.2 Å². The van der Waals surface area contributed by atoms with Gasteiger partial charge in [0.05, 0.1) is 27.8 Å². The molecular formula is C17H13ClFN3O4. The lowest BCUT2D eigenvalue weighted by Gasteiger charge is -2.08. The molecule has 0 aliphatic rings. The Balaban J connectivity index is 2.10. The average Bonchev–Trinajstić information content (AvgIpc) is 3.03. The van der Waals surface area contributed by atoms with Crippen LogP contribution in [0, 0.1) is 15.9 Å². The predicted molar refractivity (Wildman–Crippen MR) is 95.6 cm³/mol. The molecule has 0 saturated heterocycles. The number of aromatic nitrogens is 1. The summed E-state index contributed by atoms with van der Waals surface area (Å²) >= 11 is 5.77. The summed E-state index contributed by atoms with van der Waals surface area (Å²) in [5, 5.41) is 14.6. The van der Waals surface area contributed by atoms with Gasteiger partial charge < -0.3 is 15.0 Å². The highest BCUT2D eigenvalue weighted by molar-refractivity contribution is 6.31. The number of anilines is 2. The molecule has 0 amide bonds. The Bertz CT molecular complexity index is 1020. The predicted octanol–water partition coefficient (Wildman–Crippen LogP) is 4.79. The van der Waals surface area contributed by atoms with Gasteiger partial charge in [0.1, 0.15) is 11.5 Å². The number of aromatic amines is 1. The van der Waals surface area contributed by atoms with Crippen molar-refractivity contribution in [3.63, 3.8) is 0 Å². The summed E-state index contributed by atoms with van der Waals surface area (Å²) in [6, 6.07) is 8.17. The first-order chi connectivity index (χ1) is 12.4. The number of halogens is 2. The molecular weight excluding hydrogens is 365 g/mol. The minimum Gasteiger partial charge on any atom is -0.461 e. The number of carbonyl (C=O) groups excluding carboxylic acids is 1. The molecule has 0 unspecified atom stereocenters. The molecule has 9 heteroatoms. The zero-order valence-corrected chi connectivity index (χ0v) is 14.3. The molecule has 1 heterocycles. The standard InChI is InChI=1S/C17H13ClFN3O4/c1-2-26-17(23)16-8-11-14(6-10(22(24)25)7-15(11)21-16)20-9-3-4-13(19)12(18)5-9/h3-8,20-21H,2H2,1H3. The quantitative estimate of drug-likeness (QED) is 0.378. The lowest BCUT2D eigenvalue weighted by Crippen LogP contribution is -2.04. The number of fused-ring (bicyclic) bond motifs is 1. The SMILES string of the molecule is CCOC(=O)c1cc2c(Nc3ccc(F)c(Cl)c3)cc([N+](=O)[O-])cc2[nH]1. The van der Waals surface area contributed by atoms with Crippen molar-refractivity contribution in [2.75, 3.05) is 11.9 Å². The summed E-state index contributed by atoms with van der Waals surface area (Å²) in [5.41, 5.74) is 1.19. The Kier molecular flexibility index (Phi) is 4.77. The number of non-ortho nitro benzene ring substituents is 1. The van der Waals surface area contributed by atoms with Crippen LogP contribution in [-0.2, 0) is 4.74 Å². The maximum absolute atomic E-state index is 13.3. The molecule has 26 heavy (non-hydrogen) atoms. The van der Waals surface area contributed by atoms with Gasteiger partial charge in [-0.3, -0.25) is 10.1 Å². The van der Waals surface area contributed by atoms with E-state index in [0.29, 0.717) is 22.3 Å². The molecule has 3 rings (SSSR count). The number of esters is 1. The first-order valence-corrected chi connectivity index (χ1v) is 7.97. The van der Waals surface area contributed by atoms with Crippen molar-refractivity contribution in [1.29, 1.82) is 0 Å². The van der Waals surface area contributed by atoms with Crippen molar-refractivity contribution in [1.82, 2.24) is 4.98 Å². The third-order valence-electron chi connectivity index (χ3n) is 3.63. The van der Waals surface area contributed by atoms with E-state index in [2.05, 4.69) is 10.3 Å². The number of carbonyl (C=O) groups is 1. The molecule has 0 fully saturated rings. The molecule has 0 bridgehead atoms. The van der Waals surface area contributed by atoms with E-state index in [4.69, 9.17) is 16.3 Å². The summed E-state index contributed by atoms with van der Waals surface area (Å²) in [6.45, 7) is 1.88. The van der Waals surface area contributed by atoms with Crippen LogP contribution in [0.25, 0.3) is 10.9 Å². The van der Waals surface area contributed by atoms with Crippen LogP contribution in [-0.4, -0.2) is 22.5 Å². The number of rotatable bonds is 5. The fraction of sp³-hybridized carbons (Fsp3) is 0.118. The van der Waals surface area contributed by atoms with Crippen LogP contribution in [0.5, 0.6) is 0 Å². The molecule has 0 radical (unpaired) electrons. The fourth-order valence-electron chi connectivity index (χ4n) is 2.48. The molecule has 7 nitrogen and oxygen atoms in total. The number of H-pyrrole nitrogens is 1. The van der Waals surface area contributed by atoms with Crippen LogP contribution >= 0.6 is 11.6 Å². The maximum Gasteiger partial charge on any atom is 0.354 e. The van der Waals surface area contributed by atoms with Crippen molar-refractivity contribution in [3.8, 4) is 0 Å². The number of hydrogen-bond donors (Lipinski definition) is 2. The van der Waals surface area contributed by atoms with Crippen LogP contribution in [0.3, 0.4) is 0 Å². The van der Waals surface area contributed by atoms with Gasteiger partial charge in [-0.2, -0.15) is 0 Å². The number of nitrogens with zero attached hydrogens (tertiary/aromatic N) is 1. The van der Waals surface area contributed by atoms with Crippen molar-refractivity contribution in [2.24, 2.45) is 0 Å². The van der Waals surface area contributed by atoms with Gasteiger partial charge in [0.2, 0.25) is 0 Å². The minimum atomic E-state index is -0.576. The minimum absolute atomic E-state index is 0.0852. The van der Waals surface area contributed by atoms with Gasteiger partial charge in [-0.15, -0.1) is 0 Å². The highest BCUT2D eigenvalue weighted by atomic mass is 35.5. The van der Waals surface area contributed by atoms with Crippen molar-refractivity contribution in [3.05, 3.63) is 63.0 Å². The molecule has 0 aliphatic carbocycles. The summed E-state index contributed by atoms with van der Waals surface area (Å²) < 4.78 is 18.3. The second kappa shape index (κ2) is 7.01. The molecule has 0 spiro atoms. The lowest BCUT2D eigenvalue weighted by molar-refractivity contribution is -0.384. The molecule has 2 aromatic carbocycles. The normalized spacial score (nSPS) is 10.7. The molecule has 0 aliphatic heterocycles. The van der Waals surface area contributed by atoms with Gasteiger partial charge in [0.25, 0.3) is 5.69 Å². The summed E-state index contributed by atoms with van der Waals surface area (Å²) in [5.74, 6) is -1.14. The number of nitro groups is 1. The fourth-order valence-corrected chi connectivity index (χ4v) is 2.66. The number of hydrogen-bond acceptors (Lipinski definition) is 5. The molecule has 0 atom stereocenters. The zero-order chi connectivity index (χ0) is 18.8. The van der Waals surface area contributed by atoms with Crippen LogP contribution in [0.4, 0.5) is 21.5 Å². The zero-order valence-electron chi connectivity index (χ0n) is 13.5. The van der Waals surface area contributed by atoms with Gasteiger partial charge in [-0.25, -0.2) is 9.18 Å². The van der Waals surface area contributed by atoms with Crippen LogP contribution in [0.1, 0.15) is 17.4 Å². The average molecular weight is 378 g/mol. The number of ether oxygens (including phenoxy) is 1. The van der Waals surface area contributed by atoms with Crippen LogP contribution in [0.2, 0.25) is 5.02 Å². The molecule has 1 aromatic heterocycles. The van der Waals surface area contributed by atoms with Crippen LogP contribution < -0.4 is 5.32 Å². The maximum atomic E-state index is 13.3. The largest absolute Gasteiger partial charge is 0.461 e. The summed E-state index contributed by atoms with van der Waals surface area (Å²) in [7, 11) is 0. The third kappa shape index (κ3) is 3.45. The van der Waals surface area contributed by atoms with E-state index in [9.17, 15) is 19.3 Å². The van der Waals surface area contributed by atoms with E-state index >= 15 is 0 Å². The Hall–Kier alpha value is -3.13. The van der Waals surface area contributed by atoms with Gasteiger partial charge >= 0.3 is 5.97 Å². The Labute approximate surface area is 151 Å². The summed E-state index contributed by atoms with van der Waals surface area (Å²) in [6.07, 6.45) is 0. The second-order valence-corrected chi connectivity index (χ2v) is 5.78. The molecule has 134 valence electrons. The third-order valence-corrected chi connectivity index (χ3v) is 3.92. The van der Waals surface area contributed by atoms with E-state index in [0.717, 1.165) is 0 Å². The summed E-state index contributed by atoms with van der Waals surface area (Å²) in [4.78, 5) is 25.4. The lowest BCUT2D eigenvalue weighted by atomic mass is 10.1. The smallest absolute Gasteiger partial charge is 0.354 e. The van der Waals surface area contributed by atoms with Crippen molar-refractivity contribution in [2.45, 2.75) is 6.92 Å². The number of nitro benzene ring substituents is 1. The van der Waals surface area contributed by atoms with E-state index in [1.165, 1.54) is 36.4 Å². The van der Waals surface area contributed by atoms with Crippen molar-refractivity contribution < 1.29 is 18.8 Å². The Morgan fingerprint density at radius 1 is 1.35 bits per heavy atom. The van der Waals surface area contributed by atoms with Gasteiger partial charge in [0, 0.05) is 23.2 Å². The van der Waals surface area contributed by atoms with Gasteiger partial charge in [-0.1, -0.05) is 11.6 Å². The number of nitrogens with one attached hydrogen (secondary N) is 2. The Morgan fingerprint density at radius 3 is 2.77 bits per heavy atom. The second-order valence-electron chi connectivity index (χ2n) is 5.37. The Morgan fingerprint density at radius 2 is 2.12 bits per heavy atom. The highest BCUT2D eigenvalue weighted by Gasteiger charge is 2.17. The number of benzene rings is 2. The van der Waals surface area contributed by atoms with Crippen molar-refractivity contribution >= 4 is 45.5 Å². The van der Waals surface area contributed by atoms with E-state index in [1.54, 1.807) is 6.92 Å². The molecule has 2 N–H and O–H groups in total. The highest BCUT2D eigenvalue weighted by Crippen LogP contribution is 2.33. The van der Waals surface area contributed by atoms with E-state index < -0.39 is 16.7 Å². The monoisotopic (exact) mass is 377 g/mol. The van der Waals surface area contributed by atoms with Crippen LogP contribution in [0.15, 0.2) is 36.4 Å². The van der Waals surface area contributed by atoms with Gasteiger partial charge in [0.15, 0.2) is 0 Å². The molecule has 0 saturated carbocycles. The van der Waals surface area contributed by atoms with E-state index in [1.807, 2.05) is 0 Å².